The van der Waals surface area contributed by atoms with E-state index in [4.69, 9.17) is 0 Å². The molecule has 86 valence electrons. The first kappa shape index (κ1) is 12.5. The smallest absolute Gasteiger partial charge is 0.0674 e. The number of hydrogen-bond acceptors (Lipinski definition) is 2. The van der Waals surface area contributed by atoms with Gasteiger partial charge in [0, 0.05) is 19.7 Å². The van der Waals surface area contributed by atoms with Crippen molar-refractivity contribution in [3.63, 3.8) is 0 Å². The SMILES string of the molecule is CC/C=C\C=C/Cc1nccc(C)c1NC. The number of nitrogens with one attached hydrogen (secondary N) is 1. The Morgan fingerprint density at radius 3 is 2.75 bits per heavy atom. The summed E-state index contributed by atoms with van der Waals surface area (Å²) in [5.74, 6) is 0. The predicted octanol–water partition coefficient (Wildman–Crippen LogP) is 3.50. The van der Waals surface area contributed by atoms with Gasteiger partial charge in [-0.3, -0.25) is 4.98 Å². The lowest BCUT2D eigenvalue weighted by molar-refractivity contribution is 1.09. The summed E-state index contributed by atoms with van der Waals surface area (Å²) in [5.41, 5.74) is 3.49. The Hall–Kier alpha value is -1.57. The molecule has 0 bridgehead atoms. The molecule has 1 N–H and O–H groups in total. The third-order valence-corrected chi connectivity index (χ3v) is 2.42. The Kier molecular flexibility index (Phi) is 5.34. The zero-order valence-electron chi connectivity index (χ0n) is 10.3. The van der Waals surface area contributed by atoms with Crippen molar-refractivity contribution in [1.82, 2.24) is 4.98 Å². The Morgan fingerprint density at radius 2 is 2.06 bits per heavy atom. The Labute approximate surface area is 98.1 Å². The fraction of sp³-hybridized carbons (Fsp3) is 0.357. The second-order valence-electron chi connectivity index (χ2n) is 3.67. The van der Waals surface area contributed by atoms with Crippen molar-refractivity contribution in [2.75, 3.05) is 12.4 Å². The van der Waals surface area contributed by atoms with E-state index in [1.807, 2.05) is 19.3 Å². The molecule has 0 amide bonds. The minimum Gasteiger partial charge on any atom is -0.386 e. The van der Waals surface area contributed by atoms with E-state index >= 15 is 0 Å². The molecule has 0 radical (unpaired) electrons. The minimum atomic E-state index is 0.867. The molecule has 0 saturated heterocycles. The zero-order valence-corrected chi connectivity index (χ0v) is 10.3. The van der Waals surface area contributed by atoms with E-state index in [0.29, 0.717) is 0 Å². The molecule has 1 rings (SSSR count). The first-order valence-corrected chi connectivity index (χ1v) is 5.73. The standard InChI is InChI=1S/C14H20N2/c1-4-5-6-7-8-9-13-14(15-3)12(2)10-11-16-13/h5-8,10-11,15H,4,9H2,1-3H3/b6-5-,8-7-. The molecule has 1 aromatic heterocycles. The summed E-state index contributed by atoms with van der Waals surface area (Å²) >= 11 is 0. The lowest BCUT2D eigenvalue weighted by Crippen LogP contribution is -1.99. The highest BCUT2D eigenvalue weighted by atomic mass is 14.9. The fourth-order valence-corrected chi connectivity index (χ4v) is 1.58. The third-order valence-electron chi connectivity index (χ3n) is 2.42. The summed E-state index contributed by atoms with van der Waals surface area (Å²) in [6.07, 6.45) is 12.2. The van der Waals surface area contributed by atoms with Crippen LogP contribution in [0.15, 0.2) is 36.6 Å². The van der Waals surface area contributed by atoms with E-state index in [1.54, 1.807) is 0 Å². The number of anilines is 1. The van der Waals surface area contributed by atoms with Gasteiger partial charge < -0.3 is 5.32 Å². The van der Waals surface area contributed by atoms with Crippen LogP contribution in [-0.2, 0) is 6.42 Å². The van der Waals surface area contributed by atoms with Gasteiger partial charge in [-0.15, -0.1) is 0 Å². The lowest BCUT2D eigenvalue weighted by Gasteiger charge is -2.08. The molecule has 2 nitrogen and oxygen atoms in total. The average molecular weight is 216 g/mol. The van der Waals surface area contributed by atoms with Gasteiger partial charge in [0.2, 0.25) is 0 Å². The summed E-state index contributed by atoms with van der Waals surface area (Å²) in [5, 5.41) is 3.20. The monoisotopic (exact) mass is 216 g/mol. The maximum Gasteiger partial charge on any atom is 0.0674 e. The topological polar surface area (TPSA) is 24.9 Å². The van der Waals surface area contributed by atoms with Crippen LogP contribution < -0.4 is 5.32 Å². The van der Waals surface area contributed by atoms with E-state index < -0.39 is 0 Å². The summed E-state index contributed by atoms with van der Waals surface area (Å²) in [6.45, 7) is 4.23. The first-order valence-electron chi connectivity index (χ1n) is 5.73. The minimum absolute atomic E-state index is 0.867. The van der Waals surface area contributed by atoms with E-state index in [1.165, 1.54) is 5.56 Å². The molecule has 0 aliphatic carbocycles. The number of nitrogens with zero attached hydrogens (tertiary/aromatic N) is 1. The van der Waals surface area contributed by atoms with Gasteiger partial charge in [-0.2, -0.15) is 0 Å². The molecular formula is C14H20N2. The van der Waals surface area contributed by atoms with Gasteiger partial charge in [0.15, 0.2) is 0 Å². The van der Waals surface area contributed by atoms with E-state index in [2.05, 4.69) is 48.5 Å². The van der Waals surface area contributed by atoms with Crippen LogP contribution in [0.2, 0.25) is 0 Å². The third kappa shape index (κ3) is 3.54. The molecule has 0 unspecified atom stereocenters. The number of aromatic nitrogens is 1. The average Bonchev–Trinajstić information content (AvgIpc) is 2.29. The lowest BCUT2D eigenvalue weighted by atomic mass is 10.1. The van der Waals surface area contributed by atoms with Crippen molar-refractivity contribution in [3.8, 4) is 0 Å². The van der Waals surface area contributed by atoms with E-state index in [-0.39, 0.29) is 0 Å². The molecule has 0 spiro atoms. The highest BCUT2D eigenvalue weighted by Crippen LogP contribution is 2.17. The van der Waals surface area contributed by atoms with Crippen LogP contribution in [0.1, 0.15) is 24.6 Å². The van der Waals surface area contributed by atoms with Gasteiger partial charge in [0.25, 0.3) is 0 Å². The predicted molar refractivity (Wildman–Crippen MR) is 70.8 cm³/mol. The summed E-state index contributed by atoms with van der Waals surface area (Å²) < 4.78 is 0. The molecule has 1 aromatic rings. The van der Waals surface area contributed by atoms with E-state index in [9.17, 15) is 0 Å². The Bertz CT molecular complexity index is 378. The molecule has 0 aliphatic heterocycles. The summed E-state index contributed by atoms with van der Waals surface area (Å²) in [7, 11) is 1.94. The maximum atomic E-state index is 4.39. The second kappa shape index (κ2) is 6.83. The van der Waals surface area contributed by atoms with Gasteiger partial charge in [-0.25, -0.2) is 0 Å². The highest BCUT2D eigenvalue weighted by molar-refractivity contribution is 5.54. The number of hydrogen-bond donors (Lipinski definition) is 1. The van der Waals surface area contributed by atoms with Crippen LogP contribution in [-0.4, -0.2) is 12.0 Å². The molecule has 0 aromatic carbocycles. The van der Waals surface area contributed by atoms with Crippen LogP contribution in [0.4, 0.5) is 5.69 Å². The van der Waals surface area contributed by atoms with Gasteiger partial charge in [0.1, 0.15) is 0 Å². The molecule has 16 heavy (non-hydrogen) atoms. The maximum absolute atomic E-state index is 4.39. The summed E-state index contributed by atoms with van der Waals surface area (Å²) in [6, 6.07) is 2.02. The largest absolute Gasteiger partial charge is 0.386 e. The summed E-state index contributed by atoms with van der Waals surface area (Å²) in [4.78, 5) is 4.39. The van der Waals surface area contributed by atoms with Crippen LogP contribution in [0.25, 0.3) is 0 Å². The molecule has 0 saturated carbocycles. The Balaban J connectivity index is 2.70. The number of rotatable bonds is 5. The van der Waals surface area contributed by atoms with Gasteiger partial charge >= 0.3 is 0 Å². The number of allylic oxidation sites excluding steroid dienone is 4. The van der Waals surface area contributed by atoms with Crippen molar-refractivity contribution in [2.45, 2.75) is 26.7 Å². The van der Waals surface area contributed by atoms with Gasteiger partial charge in [0.05, 0.1) is 11.4 Å². The van der Waals surface area contributed by atoms with Crippen molar-refractivity contribution < 1.29 is 0 Å². The second-order valence-corrected chi connectivity index (χ2v) is 3.67. The molecule has 1 heterocycles. The van der Waals surface area contributed by atoms with Crippen molar-refractivity contribution in [3.05, 3.63) is 47.8 Å². The number of pyridine rings is 1. The number of aryl methyl sites for hydroxylation is 1. The van der Waals surface area contributed by atoms with Crippen LogP contribution in [0.5, 0.6) is 0 Å². The first-order chi connectivity index (χ1) is 7.79. The molecule has 2 heteroatoms. The van der Waals surface area contributed by atoms with Gasteiger partial charge in [-0.05, 0) is 25.0 Å². The van der Waals surface area contributed by atoms with Crippen LogP contribution in [0, 0.1) is 6.92 Å². The quantitative estimate of drug-likeness (QED) is 0.762. The van der Waals surface area contributed by atoms with Crippen molar-refractivity contribution in [1.29, 1.82) is 0 Å². The van der Waals surface area contributed by atoms with E-state index in [0.717, 1.165) is 24.2 Å². The van der Waals surface area contributed by atoms with Crippen LogP contribution in [0.3, 0.4) is 0 Å². The molecular weight excluding hydrogens is 196 g/mol. The van der Waals surface area contributed by atoms with Crippen molar-refractivity contribution >= 4 is 5.69 Å². The Morgan fingerprint density at radius 1 is 1.31 bits per heavy atom. The van der Waals surface area contributed by atoms with Crippen LogP contribution >= 0.6 is 0 Å². The normalized spacial score (nSPS) is 11.4. The fourth-order valence-electron chi connectivity index (χ4n) is 1.58. The highest BCUT2D eigenvalue weighted by Gasteiger charge is 2.02. The molecule has 0 atom stereocenters. The van der Waals surface area contributed by atoms with Crippen molar-refractivity contribution in [2.24, 2.45) is 0 Å². The van der Waals surface area contributed by atoms with Gasteiger partial charge in [-0.1, -0.05) is 31.2 Å². The zero-order chi connectivity index (χ0) is 11.8. The molecule has 0 fully saturated rings. The molecule has 0 aliphatic rings.